The largest absolute Gasteiger partial charge is 0.271 e. The van der Waals surface area contributed by atoms with E-state index in [-0.39, 0.29) is 10.5 Å². The van der Waals surface area contributed by atoms with E-state index in [9.17, 15) is 8.78 Å². The molecule has 0 spiro atoms. The van der Waals surface area contributed by atoms with Gasteiger partial charge in [-0.05, 0) is 46.3 Å². The van der Waals surface area contributed by atoms with Gasteiger partial charge in [0.2, 0.25) is 0 Å². The summed E-state index contributed by atoms with van der Waals surface area (Å²) in [6, 6.07) is 2.60. The van der Waals surface area contributed by atoms with Crippen molar-refractivity contribution in [1.82, 2.24) is 5.43 Å². The van der Waals surface area contributed by atoms with Crippen molar-refractivity contribution >= 4 is 15.9 Å². The van der Waals surface area contributed by atoms with Gasteiger partial charge >= 0.3 is 0 Å². The fourth-order valence-corrected chi connectivity index (χ4v) is 2.60. The molecule has 5 heteroatoms. The SMILES string of the molecule is NNC(c1ccc(F)c(F)c1Br)C1CCC1. The van der Waals surface area contributed by atoms with E-state index in [1.54, 1.807) is 6.07 Å². The molecule has 0 heterocycles. The highest BCUT2D eigenvalue weighted by molar-refractivity contribution is 9.10. The average molecular weight is 291 g/mol. The number of nitrogens with one attached hydrogen (secondary N) is 1. The van der Waals surface area contributed by atoms with Crippen molar-refractivity contribution in [2.24, 2.45) is 11.8 Å². The molecule has 0 saturated heterocycles. The lowest BCUT2D eigenvalue weighted by Crippen LogP contribution is -2.36. The molecule has 1 unspecified atom stereocenters. The molecule has 0 bridgehead atoms. The van der Waals surface area contributed by atoms with E-state index in [1.807, 2.05) is 0 Å². The molecular formula is C11H13BrF2N2. The number of hydrazine groups is 1. The Balaban J connectivity index is 2.34. The molecule has 2 rings (SSSR count). The molecule has 1 saturated carbocycles. The predicted molar refractivity (Wildman–Crippen MR) is 61.5 cm³/mol. The molecule has 1 atom stereocenters. The molecule has 0 radical (unpaired) electrons. The summed E-state index contributed by atoms with van der Waals surface area (Å²) in [4.78, 5) is 0. The first kappa shape index (κ1) is 12.0. The molecule has 1 aromatic carbocycles. The highest BCUT2D eigenvalue weighted by Gasteiger charge is 2.30. The van der Waals surface area contributed by atoms with Gasteiger partial charge in [0.15, 0.2) is 11.6 Å². The van der Waals surface area contributed by atoms with Crippen LogP contribution in [0.1, 0.15) is 30.9 Å². The highest BCUT2D eigenvalue weighted by atomic mass is 79.9. The minimum atomic E-state index is -0.850. The van der Waals surface area contributed by atoms with E-state index < -0.39 is 11.6 Å². The van der Waals surface area contributed by atoms with Crippen LogP contribution >= 0.6 is 15.9 Å². The number of hydrogen-bond donors (Lipinski definition) is 2. The molecular weight excluding hydrogens is 278 g/mol. The summed E-state index contributed by atoms with van der Waals surface area (Å²) >= 11 is 3.08. The van der Waals surface area contributed by atoms with Crippen LogP contribution in [-0.4, -0.2) is 0 Å². The van der Waals surface area contributed by atoms with E-state index in [0.717, 1.165) is 18.9 Å². The van der Waals surface area contributed by atoms with Crippen LogP contribution < -0.4 is 11.3 Å². The summed E-state index contributed by atoms with van der Waals surface area (Å²) < 4.78 is 26.5. The Bertz CT molecular complexity index is 394. The van der Waals surface area contributed by atoms with Crippen molar-refractivity contribution < 1.29 is 8.78 Å². The van der Waals surface area contributed by atoms with Crippen LogP contribution in [0.3, 0.4) is 0 Å². The van der Waals surface area contributed by atoms with Crippen molar-refractivity contribution in [3.63, 3.8) is 0 Å². The first-order valence-electron chi connectivity index (χ1n) is 5.24. The molecule has 2 nitrogen and oxygen atoms in total. The van der Waals surface area contributed by atoms with Gasteiger partial charge in [-0.3, -0.25) is 11.3 Å². The standard InChI is InChI=1S/C11H13BrF2N2/c12-9-7(4-5-8(13)10(9)14)11(16-15)6-2-1-3-6/h4-6,11,16H,1-3,15H2. The summed E-state index contributed by atoms with van der Waals surface area (Å²) in [5.74, 6) is 4.20. The van der Waals surface area contributed by atoms with Gasteiger partial charge in [-0.1, -0.05) is 12.5 Å². The second kappa shape index (κ2) is 4.77. The van der Waals surface area contributed by atoms with Crippen LogP contribution in [0.2, 0.25) is 0 Å². The molecule has 0 aromatic heterocycles. The maximum absolute atomic E-state index is 13.4. The van der Waals surface area contributed by atoms with Gasteiger partial charge in [0.05, 0.1) is 4.47 Å². The summed E-state index contributed by atoms with van der Waals surface area (Å²) in [6.07, 6.45) is 3.31. The zero-order chi connectivity index (χ0) is 11.7. The highest BCUT2D eigenvalue weighted by Crippen LogP contribution is 2.40. The van der Waals surface area contributed by atoms with E-state index in [4.69, 9.17) is 5.84 Å². The maximum Gasteiger partial charge on any atom is 0.173 e. The number of benzene rings is 1. The Hall–Kier alpha value is -0.520. The lowest BCUT2D eigenvalue weighted by Gasteiger charge is -2.34. The summed E-state index contributed by atoms with van der Waals surface area (Å²) in [5, 5.41) is 0. The third kappa shape index (κ3) is 1.99. The van der Waals surface area contributed by atoms with Gasteiger partial charge in [-0.2, -0.15) is 0 Å². The monoisotopic (exact) mass is 290 g/mol. The zero-order valence-electron chi connectivity index (χ0n) is 8.64. The van der Waals surface area contributed by atoms with Crippen molar-refractivity contribution in [3.8, 4) is 0 Å². The first-order valence-corrected chi connectivity index (χ1v) is 6.04. The van der Waals surface area contributed by atoms with E-state index in [1.165, 1.54) is 6.42 Å². The number of halogens is 3. The zero-order valence-corrected chi connectivity index (χ0v) is 10.2. The topological polar surface area (TPSA) is 38.0 Å². The number of rotatable bonds is 3. The fraction of sp³-hybridized carbons (Fsp3) is 0.455. The maximum atomic E-state index is 13.4. The normalized spacial score (nSPS) is 18.2. The van der Waals surface area contributed by atoms with Crippen molar-refractivity contribution in [2.45, 2.75) is 25.3 Å². The number of hydrogen-bond acceptors (Lipinski definition) is 2. The Labute approximate surface area is 101 Å². The van der Waals surface area contributed by atoms with Gasteiger partial charge in [0, 0.05) is 6.04 Å². The van der Waals surface area contributed by atoms with Gasteiger partial charge in [0.25, 0.3) is 0 Å². The third-order valence-electron chi connectivity index (χ3n) is 3.20. The Morgan fingerprint density at radius 1 is 1.38 bits per heavy atom. The Kier molecular flexibility index (Phi) is 3.56. The molecule has 16 heavy (non-hydrogen) atoms. The molecule has 1 aliphatic carbocycles. The first-order chi connectivity index (χ1) is 7.65. The lowest BCUT2D eigenvalue weighted by molar-refractivity contribution is 0.231. The predicted octanol–water partition coefficient (Wildman–Crippen LogP) is 3.03. The average Bonchev–Trinajstić information content (AvgIpc) is 2.21. The van der Waals surface area contributed by atoms with Gasteiger partial charge in [-0.15, -0.1) is 0 Å². The quantitative estimate of drug-likeness (QED) is 0.510. The molecule has 0 aliphatic heterocycles. The Morgan fingerprint density at radius 2 is 2.06 bits per heavy atom. The van der Waals surface area contributed by atoms with Crippen molar-refractivity contribution in [2.75, 3.05) is 0 Å². The van der Waals surface area contributed by atoms with Gasteiger partial charge in [-0.25, -0.2) is 8.78 Å². The van der Waals surface area contributed by atoms with E-state index in [2.05, 4.69) is 21.4 Å². The number of nitrogens with two attached hydrogens (primary N) is 1. The second-order valence-electron chi connectivity index (χ2n) is 4.10. The van der Waals surface area contributed by atoms with Gasteiger partial charge in [0.1, 0.15) is 0 Å². The molecule has 1 fully saturated rings. The fourth-order valence-electron chi connectivity index (χ4n) is 2.03. The molecule has 3 N–H and O–H groups in total. The van der Waals surface area contributed by atoms with Crippen molar-refractivity contribution in [1.29, 1.82) is 0 Å². The van der Waals surface area contributed by atoms with Crippen LogP contribution in [0, 0.1) is 17.6 Å². The summed E-state index contributed by atoms with van der Waals surface area (Å²) in [6.45, 7) is 0. The van der Waals surface area contributed by atoms with Crippen LogP contribution in [0.25, 0.3) is 0 Å². The van der Waals surface area contributed by atoms with Crippen LogP contribution in [-0.2, 0) is 0 Å². The molecule has 1 aliphatic rings. The lowest BCUT2D eigenvalue weighted by atomic mass is 9.77. The minimum absolute atomic E-state index is 0.113. The molecule has 0 amide bonds. The third-order valence-corrected chi connectivity index (χ3v) is 4.01. The van der Waals surface area contributed by atoms with E-state index >= 15 is 0 Å². The molecule has 1 aromatic rings. The van der Waals surface area contributed by atoms with E-state index in [0.29, 0.717) is 11.5 Å². The minimum Gasteiger partial charge on any atom is -0.271 e. The molecule has 88 valence electrons. The smallest absolute Gasteiger partial charge is 0.173 e. The Morgan fingerprint density at radius 3 is 2.56 bits per heavy atom. The van der Waals surface area contributed by atoms with Crippen molar-refractivity contribution in [3.05, 3.63) is 33.8 Å². The van der Waals surface area contributed by atoms with Crippen LogP contribution in [0.4, 0.5) is 8.78 Å². The second-order valence-corrected chi connectivity index (χ2v) is 4.89. The van der Waals surface area contributed by atoms with Crippen LogP contribution in [0.5, 0.6) is 0 Å². The summed E-state index contributed by atoms with van der Waals surface area (Å²) in [5.41, 5.74) is 3.37. The van der Waals surface area contributed by atoms with Crippen LogP contribution in [0.15, 0.2) is 16.6 Å². The van der Waals surface area contributed by atoms with Gasteiger partial charge < -0.3 is 0 Å². The summed E-state index contributed by atoms with van der Waals surface area (Å²) in [7, 11) is 0.